The first kappa shape index (κ1) is 23.7. The SMILES string of the molecule is O=C(/C=C1\CC2(CCOCC2)Oc2cc(C(F)(F)F)ccc21)Nc1cccc2c1CCS(=O)(=O)N2. The van der Waals surface area contributed by atoms with E-state index in [1.165, 1.54) is 12.1 Å². The molecule has 2 aromatic carbocycles. The summed E-state index contributed by atoms with van der Waals surface area (Å²) in [6, 6.07) is 8.24. The van der Waals surface area contributed by atoms with Gasteiger partial charge in [-0.05, 0) is 36.3 Å². The normalized spacial score (nSPS) is 21.4. The first-order valence-corrected chi connectivity index (χ1v) is 12.8. The number of hydrogen-bond donors (Lipinski definition) is 2. The highest BCUT2D eigenvalue weighted by Crippen LogP contribution is 2.46. The summed E-state index contributed by atoms with van der Waals surface area (Å²) in [5.74, 6) is -0.458. The van der Waals surface area contributed by atoms with Crippen LogP contribution in [0.15, 0.2) is 42.5 Å². The maximum absolute atomic E-state index is 13.3. The van der Waals surface area contributed by atoms with Gasteiger partial charge in [-0.25, -0.2) is 8.42 Å². The Morgan fingerprint density at radius 2 is 1.91 bits per heavy atom. The van der Waals surface area contributed by atoms with Crippen LogP contribution in [0.5, 0.6) is 5.75 Å². The van der Waals surface area contributed by atoms with Gasteiger partial charge in [0.25, 0.3) is 0 Å². The fraction of sp³-hybridized carbons (Fsp3) is 0.375. The maximum Gasteiger partial charge on any atom is 0.416 e. The maximum atomic E-state index is 13.3. The smallest absolute Gasteiger partial charge is 0.416 e. The molecule has 2 aromatic rings. The molecule has 1 spiro atoms. The van der Waals surface area contributed by atoms with Crippen molar-refractivity contribution in [1.29, 1.82) is 0 Å². The number of halogens is 3. The van der Waals surface area contributed by atoms with E-state index < -0.39 is 33.3 Å². The molecule has 3 aliphatic rings. The molecule has 7 nitrogen and oxygen atoms in total. The highest BCUT2D eigenvalue weighted by molar-refractivity contribution is 7.92. The molecule has 186 valence electrons. The number of rotatable bonds is 2. The minimum absolute atomic E-state index is 0.0924. The van der Waals surface area contributed by atoms with Gasteiger partial charge in [0.1, 0.15) is 11.4 Å². The minimum atomic E-state index is -4.52. The van der Waals surface area contributed by atoms with Gasteiger partial charge in [-0.3, -0.25) is 9.52 Å². The Kier molecular flexibility index (Phi) is 5.79. The Bertz CT molecular complexity index is 1310. The highest BCUT2D eigenvalue weighted by Gasteiger charge is 2.41. The second-order valence-electron chi connectivity index (χ2n) is 8.94. The van der Waals surface area contributed by atoms with E-state index >= 15 is 0 Å². The number of amides is 1. The van der Waals surface area contributed by atoms with Gasteiger partial charge >= 0.3 is 6.18 Å². The lowest BCUT2D eigenvalue weighted by Crippen LogP contribution is -2.44. The third-order valence-corrected chi connectivity index (χ3v) is 7.80. The number of fused-ring (bicyclic) bond motifs is 2. The third kappa shape index (κ3) is 4.87. The fourth-order valence-electron chi connectivity index (χ4n) is 4.76. The van der Waals surface area contributed by atoms with Crippen LogP contribution < -0.4 is 14.8 Å². The van der Waals surface area contributed by atoms with Crippen LogP contribution >= 0.6 is 0 Å². The molecule has 0 unspecified atom stereocenters. The highest BCUT2D eigenvalue weighted by atomic mass is 32.2. The predicted octanol–water partition coefficient (Wildman–Crippen LogP) is 4.36. The van der Waals surface area contributed by atoms with Crippen molar-refractivity contribution in [3.63, 3.8) is 0 Å². The standard InChI is InChI=1S/C24H23F3N2O5S/c25-24(26,27)16-4-5-17-15(14-23(34-21(17)13-16)7-9-33-10-8-23)12-22(30)28-19-2-1-3-20-18(19)6-11-35(31,32)29-20/h1-5,12-13,29H,6-11,14H2,(H,28,30)/b15-12+. The molecule has 0 bridgehead atoms. The lowest BCUT2D eigenvalue weighted by molar-refractivity contribution is -0.138. The van der Waals surface area contributed by atoms with Gasteiger partial charge in [0.2, 0.25) is 15.9 Å². The summed E-state index contributed by atoms with van der Waals surface area (Å²) >= 11 is 0. The van der Waals surface area contributed by atoms with Gasteiger partial charge in [-0.2, -0.15) is 13.2 Å². The summed E-state index contributed by atoms with van der Waals surface area (Å²) in [7, 11) is -3.41. The van der Waals surface area contributed by atoms with Crippen molar-refractivity contribution in [2.75, 3.05) is 29.0 Å². The van der Waals surface area contributed by atoms with E-state index in [4.69, 9.17) is 9.47 Å². The molecule has 1 saturated heterocycles. The van der Waals surface area contributed by atoms with Crippen LogP contribution in [0.2, 0.25) is 0 Å². The van der Waals surface area contributed by atoms with Crippen LogP contribution in [-0.2, 0) is 32.2 Å². The second-order valence-corrected chi connectivity index (χ2v) is 10.8. The Morgan fingerprint density at radius 1 is 1.14 bits per heavy atom. The average molecular weight is 509 g/mol. The molecule has 35 heavy (non-hydrogen) atoms. The zero-order chi connectivity index (χ0) is 24.8. The monoisotopic (exact) mass is 508 g/mol. The number of ether oxygens (including phenoxy) is 2. The molecule has 2 N–H and O–H groups in total. The molecule has 11 heteroatoms. The van der Waals surface area contributed by atoms with Crippen LogP contribution in [0.1, 0.15) is 36.0 Å². The van der Waals surface area contributed by atoms with E-state index in [0.717, 1.165) is 12.1 Å². The van der Waals surface area contributed by atoms with E-state index in [9.17, 15) is 26.4 Å². The largest absolute Gasteiger partial charge is 0.486 e. The third-order valence-electron chi connectivity index (χ3n) is 6.52. The number of benzene rings is 2. The van der Waals surface area contributed by atoms with Crippen LogP contribution in [0.25, 0.3) is 5.57 Å². The molecule has 3 aliphatic heterocycles. The number of sulfonamides is 1. The lowest BCUT2D eigenvalue weighted by Gasteiger charge is -2.42. The number of alkyl halides is 3. The summed E-state index contributed by atoms with van der Waals surface area (Å²) in [6.45, 7) is 0.833. The van der Waals surface area contributed by atoms with E-state index in [1.54, 1.807) is 18.2 Å². The molecule has 0 saturated carbocycles. The second kappa shape index (κ2) is 8.56. The molecule has 0 radical (unpaired) electrons. The van der Waals surface area contributed by atoms with Crippen molar-refractivity contribution < 1.29 is 35.9 Å². The molecule has 1 fully saturated rings. The van der Waals surface area contributed by atoms with Crippen molar-refractivity contribution >= 4 is 32.9 Å². The van der Waals surface area contributed by atoms with E-state index in [2.05, 4.69) is 10.0 Å². The summed E-state index contributed by atoms with van der Waals surface area (Å²) in [5.41, 5.74) is 1.02. The van der Waals surface area contributed by atoms with Gasteiger partial charge in [-0.1, -0.05) is 12.1 Å². The van der Waals surface area contributed by atoms with E-state index in [0.29, 0.717) is 60.6 Å². The topological polar surface area (TPSA) is 93.7 Å². The van der Waals surface area contributed by atoms with Gasteiger partial charge in [0, 0.05) is 42.2 Å². The van der Waals surface area contributed by atoms with Gasteiger partial charge in [0.05, 0.1) is 30.2 Å². The number of carbonyl (C=O) groups excluding carboxylic acids is 1. The first-order valence-electron chi connectivity index (χ1n) is 11.2. The Balaban J connectivity index is 1.47. The summed E-state index contributed by atoms with van der Waals surface area (Å²) in [6.07, 6.45) is -1.54. The molecular formula is C24H23F3N2O5S. The van der Waals surface area contributed by atoms with Gasteiger partial charge < -0.3 is 14.8 Å². The van der Waals surface area contributed by atoms with Gasteiger partial charge in [0.15, 0.2) is 0 Å². The summed E-state index contributed by atoms with van der Waals surface area (Å²) < 4.78 is 77.7. The van der Waals surface area contributed by atoms with Crippen molar-refractivity contribution in [2.45, 2.75) is 37.5 Å². The molecule has 3 heterocycles. The molecule has 5 rings (SSSR count). The van der Waals surface area contributed by atoms with Gasteiger partial charge in [-0.15, -0.1) is 0 Å². The van der Waals surface area contributed by atoms with Crippen LogP contribution in [0.4, 0.5) is 24.5 Å². The quantitative estimate of drug-likeness (QED) is 0.588. The van der Waals surface area contributed by atoms with Crippen molar-refractivity contribution in [3.8, 4) is 5.75 Å². The number of carbonyl (C=O) groups is 1. The average Bonchev–Trinajstić information content (AvgIpc) is 2.78. The lowest BCUT2D eigenvalue weighted by atomic mass is 9.81. The molecule has 0 atom stereocenters. The Hall–Kier alpha value is -3.05. The zero-order valence-corrected chi connectivity index (χ0v) is 19.4. The Morgan fingerprint density at radius 3 is 2.66 bits per heavy atom. The van der Waals surface area contributed by atoms with Crippen molar-refractivity contribution in [3.05, 3.63) is 59.2 Å². The Labute approximate surface area is 200 Å². The number of nitrogens with one attached hydrogen (secondary N) is 2. The van der Waals surface area contributed by atoms with E-state index in [1.807, 2.05) is 0 Å². The fourth-order valence-corrected chi connectivity index (χ4v) is 5.86. The molecule has 1 amide bonds. The number of hydrogen-bond acceptors (Lipinski definition) is 5. The van der Waals surface area contributed by atoms with E-state index in [-0.39, 0.29) is 17.9 Å². The minimum Gasteiger partial charge on any atom is -0.486 e. The predicted molar refractivity (Wildman–Crippen MR) is 124 cm³/mol. The molecule has 0 aromatic heterocycles. The first-order chi connectivity index (χ1) is 16.5. The summed E-state index contributed by atoms with van der Waals surface area (Å²) in [4.78, 5) is 13.0. The zero-order valence-electron chi connectivity index (χ0n) is 18.6. The summed E-state index contributed by atoms with van der Waals surface area (Å²) in [5, 5.41) is 2.81. The van der Waals surface area contributed by atoms with Crippen LogP contribution in [0, 0.1) is 0 Å². The van der Waals surface area contributed by atoms with Crippen LogP contribution in [-0.4, -0.2) is 38.9 Å². The molecule has 0 aliphatic carbocycles. The van der Waals surface area contributed by atoms with Crippen molar-refractivity contribution in [2.24, 2.45) is 0 Å². The number of anilines is 2. The molecular weight excluding hydrogens is 485 g/mol. The van der Waals surface area contributed by atoms with Crippen LogP contribution in [0.3, 0.4) is 0 Å². The van der Waals surface area contributed by atoms with Crippen molar-refractivity contribution in [1.82, 2.24) is 0 Å².